The summed E-state index contributed by atoms with van der Waals surface area (Å²) in [5, 5.41) is 0. The first kappa shape index (κ1) is 25.8. The molecule has 1 saturated carbocycles. The Morgan fingerprint density at radius 3 is 2.57 bits per heavy atom. The molecule has 4 aliphatic rings. The number of likely N-dealkylation sites (tertiary alicyclic amines) is 2. The molecule has 0 spiro atoms. The number of primary amides is 1. The monoisotopic (exact) mass is 511 g/mol. The maximum Gasteiger partial charge on any atom is 0.311 e. The summed E-state index contributed by atoms with van der Waals surface area (Å²) < 4.78 is 20.8. The lowest BCUT2D eigenvalue weighted by Gasteiger charge is -2.44. The van der Waals surface area contributed by atoms with E-state index in [2.05, 4.69) is 21.8 Å². The second kappa shape index (κ2) is 10.9. The summed E-state index contributed by atoms with van der Waals surface area (Å²) in [7, 11) is 0. The largest absolute Gasteiger partial charge is 0.463 e. The van der Waals surface area contributed by atoms with Gasteiger partial charge in [-0.1, -0.05) is 19.4 Å². The lowest BCUT2D eigenvalue weighted by molar-refractivity contribution is -0.121. The van der Waals surface area contributed by atoms with Gasteiger partial charge in [-0.2, -0.15) is 0 Å². The molecule has 37 heavy (non-hydrogen) atoms. The van der Waals surface area contributed by atoms with Crippen molar-refractivity contribution in [1.29, 1.82) is 0 Å². The first-order valence-corrected chi connectivity index (χ1v) is 13.6. The Kier molecular flexibility index (Phi) is 7.60. The van der Waals surface area contributed by atoms with Gasteiger partial charge in [-0.05, 0) is 80.6 Å². The normalized spacial score (nSPS) is 26.0. The van der Waals surface area contributed by atoms with Gasteiger partial charge in [0.05, 0.1) is 18.7 Å². The summed E-state index contributed by atoms with van der Waals surface area (Å²) in [5.74, 6) is -1.34. The number of piperidine rings is 1. The maximum absolute atomic E-state index is 14.9. The second-order valence-electron chi connectivity index (χ2n) is 11.5. The van der Waals surface area contributed by atoms with Crippen LogP contribution in [0, 0.1) is 17.2 Å². The minimum Gasteiger partial charge on any atom is -0.463 e. The number of halogens is 1. The standard InChI is InChI=1S/C28H38FN5O3/c1-28(9-3-10-28)18-33-12-7-19(8-13-33)17-37-27-31-15-21(16-32-27)20-5-6-22(23(29)14-20)26(36)34-11-2-4-24(34)25(30)35/h5-6,14-15,19,21,24H,2-4,7-13,16-18H2,1H3,(H2,30,35). The molecule has 0 aromatic heterocycles. The summed E-state index contributed by atoms with van der Waals surface area (Å²) in [5.41, 5.74) is 6.58. The lowest BCUT2D eigenvalue weighted by atomic mass is 9.70. The number of aliphatic imine (C=N–C) groups is 2. The molecule has 2 unspecified atom stereocenters. The molecule has 8 nitrogen and oxygen atoms in total. The number of nitrogens with two attached hydrogens (primary N) is 1. The van der Waals surface area contributed by atoms with Crippen LogP contribution in [0.15, 0.2) is 28.2 Å². The van der Waals surface area contributed by atoms with Gasteiger partial charge in [0, 0.05) is 25.2 Å². The SMILES string of the molecule is CC1(CN2CCC(COC3=NCC(c4ccc(C(=O)N5CCCC5C(N)=O)c(F)c4)C=N3)CC2)CCC1. The fourth-order valence-corrected chi connectivity index (χ4v) is 6.07. The van der Waals surface area contributed by atoms with Gasteiger partial charge >= 0.3 is 6.02 Å². The van der Waals surface area contributed by atoms with Crippen molar-refractivity contribution in [3.05, 3.63) is 35.1 Å². The zero-order valence-electron chi connectivity index (χ0n) is 21.7. The van der Waals surface area contributed by atoms with Crippen molar-refractivity contribution in [1.82, 2.24) is 9.80 Å². The van der Waals surface area contributed by atoms with Crippen LogP contribution < -0.4 is 5.73 Å². The van der Waals surface area contributed by atoms with Gasteiger partial charge < -0.3 is 20.3 Å². The molecular weight excluding hydrogens is 473 g/mol. The number of benzene rings is 1. The van der Waals surface area contributed by atoms with Crippen LogP contribution in [0.2, 0.25) is 0 Å². The molecule has 2 atom stereocenters. The van der Waals surface area contributed by atoms with Crippen LogP contribution in [-0.2, 0) is 9.53 Å². The average Bonchev–Trinajstić information content (AvgIpc) is 3.38. The van der Waals surface area contributed by atoms with Crippen molar-refractivity contribution in [2.45, 2.75) is 63.8 Å². The Bertz CT molecular complexity index is 1080. The van der Waals surface area contributed by atoms with Crippen molar-refractivity contribution in [3.63, 3.8) is 0 Å². The van der Waals surface area contributed by atoms with Gasteiger partial charge in [0.2, 0.25) is 5.91 Å². The molecule has 3 heterocycles. The van der Waals surface area contributed by atoms with E-state index in [1.807, 2.05) is 0 Å². The minimum absolute atomic E-state index is 0.0509. The molecular formula is C28H38FN5O3. The molecule has 5 rings (SSSR count). The zero-order valence-corrected chi connectivity index (χ0v) is 21.7. The van der Waals surface area contributed by atoms with Crippen LogP contribution in [-0.4, -0.2) is 79.2 Å². The van der Waals surface area contributed by atoms with Crippen molar-refractivity contribution < 1.29 is 18.7 Å². The molecule has 3 aliphatic heterocycles. The molecule has 2 saturated heterocycles. The van der Waals surface area contributed by atoms with Crippen LogP contribution in [0.1, 0.15) is 73.7 Å². The number of hydrogen-bond donors (Lipinski definition) is 1. The van der Waals surface area contributed by atoms with E-state index < -0.39 is 23.7 Å². The first-order valence-electron chi connectivity index (χ1n) is 13.6. The number of rotatable bonds is 7. The number of amides is 2. The highest BCUT2D eigenvalue weighted by molar-refractivity contribution is 5.98. The fourth-order valence-electron chi connectivity index (χ4n) is 6.07. The third-order valence-electron chi connectivity index (χ3n) is 8.60. The predicted molar refractivity (Wildman–Crippen MR) is 140 cm³/mol. The van der Waals surface area contributed by atoms with Gasteiger partial charge in [0.15, 0.2) is 0 Å². The van der Waals surface area contributed by atoms with Gasteiger partial charge in [0.1, 0.15) is 11.9 Å². The number of carbonyl (C=O) groups is 2. The Labute approximate surface area is 218 Å². The average molecular weight is 512 g/mol. The van der Waals surface area contributed by atoms with Crippen molar-refractivity contribution in [2.24, 2.45) is 27.1 Å². The minimum atomic E-state index is -0.673. The highest BCUT2D eigenvalue weighted by Gasteiger charge is 2.35. The van der Waals surface area contributed by atoms with E-state index in [4.69, 9.17) is 10.5 Å². The topological polar surface area (TPSA) is 101 Å². The van der Waals surface area contributed by atoms with E-state index in [1.165, 1.54) is 42.8 Å². The molecule has 0 radical (unpaired) electrons. The summed E-state index contributed by atoms with van der Waals surface area (Å²) >= 11 is 0. The Morgan fingerprint density at radius 1 is 1.16 bits per heavy atom. The molecule has 0 bridgehead atoms. The fraction of sp³-hybridized carbons (Fsp3) is 0.643. The first-order chi connectivity index (χ1) is 17.8. The Balaban J connectivity index is 1.09. The van der Waals surface area contributed by atoms with Crippen molar-refractivity contribution in [3.8, 4) is 0 Å². The van der Waals surface area contributed by atoms with Crippen LogP contribution >= 0.6 is 0 Å². The number of ether oxygens (including phenoxy) is 1. The van der Waals surface area contributed by atoms with Gasteiger partial charge in [-0.3, -0.25) is 9.59 Å². The molecule has 1 aromatic carbocycles. The number of amidine groups is 1. The predicted octanol–water partition coefficient (Wildman–Crippen LogP) is 3.36. The van der Waals surface area contributed by atoms with Gasteiger partial charge in [0.25, 0.3) is 5.91 Å². The summed E-state index contributed by atoms with van der Waals surface area (Å²) in [6, 6.07) is 4.28. The van der Waals surface area contributed by atoms with E-state index >= 15 is 0 Å². The highest BCUT2D eigenvalue weighted by atomic mass is 19.1. The molecule has 1 aliphatic carbocycles. The molecule has 3 fully saturated rings. The molecule has 1 aromatic rings. The second-order valence-corrected chi connectivity index (χ2v) is 11.5. The zero-order chi connectivity index (χ0) is 26.0. The third kappa shape index (κ3) is 5.87. The van der Waals surface area contributed by atoms with Crippen LogP contribution in [0.5, 0.6) is 0 Å². The van der Waals surface area contributed by atoms with Crippen LogP contribution in [0.3, 0.4) is 0 Å². The third-order valence-corrected chi connectivity index (χ3v) is 8.60. The number of nitrogens with zero attached hydrogens (tertiary/aromatic N) is 4. The molecule has 9 heteroatoms. The quantitative estimate of drug-likeness (QED) is 0.607. The van der Waals surface area contributed by atoms with Gasteiger partial charge in [-0.15, -0.1) is 0 Å². The summed E-state index contributed by atoms with van der Waals surface area (Å²) in [4.78, 5) is 37.3. The highest BCUT2D eigenvalue weighted by Crippen LogP contribution is 2.41. The van der Waals surface area contributed by atoms with Gasteiger partial charge in [-0.25, -0.2) is 14.4 Å². The maximum atomic E-state index is 14.9. The lowest BCUT2D eigenvalue weighted by Crippen LogP contribution is -2.44. The number of hydrogen-bond acceptors (Lipinski definition) is 6. The van der Waals surface area contributed by atoms with E-state index in [9.17, 15) is 14.0 Å². The number of carbonyl (C=O) groups excluding carboxylic acids is 2. The van der Waals surface area contributed by atoms with Crippen LogP contribution in [0.25, 0.3) is 0 Å². The van der Waals surface area contributed by atoms with E-state index in [0.29, 0.717) is 55.5 Å². The van der Waals surface area contributed by atoms with Crippen molar-refractivity contribution >= 4 is 24.1 Å². The van der Waals surface area contributed by atoms with E-state index in [1.54, 1.807) is 12.3 Å². The summed E-state index contributed by atoms with van der Waals surface area (Å²) in [6.45, 7) is 7.34. The molecule has 2 amide bonds. The van der Waals surface area contributed by atoms with Crippen molar-refractivity contribution in [2.75, 3.05) is 39.3 Å². The molecule has 200 valence electrons. The van der Waals surface area contributed by atoms with Crippen LogP contribution in [0.4, 0.5) is 4.39 Å². The Morgan fingerprint density at radius 2 is 1.95 bits per heavy atom. The molecule has 2 N–H and O–H groups in total. The van der Waals surface area contributed by atoms with E-state index in [-0.39, 0.29) is 11.5 Å². The Hall–Kier alpha value is -2.81. The van der Waals surface area contributed by atoms with E-state index in [0.717, 1.165) is 25.9 Å². The summed E-state index contributed by atoms with van der Waals surface area (Å²) in [6.07, 6.45) is 9.31. The smallest absolute Gasteiger partial charge is 0.311 e.